The minimum Gasteiger partial charge on any atom is -0.493 e. The highest BCUT2D eigenvalue weighted by Crippen LogP contribution is 2.28. The van der Waals surface area contributed by atoms with Crippen molar-refractivity contribution in [3.63, 3.8) is 0 Å². The summed E-state index contributed by atoms with van der Waals surface area (Å²) in [5, 5.41) is 0. The minimum atomic E-state index is 0.649. The molecule has 2 nitrogen and oxygen atoms in total. The van der Waals surface area contributed by atoms with E-state index in [4.69, 9.17) is 9.47 Å². The molecule has 0 heterocycles. The molecule has 82 valence electrons. The number of allylic oxidation sites excluding steroid dienone is 1. The Balaban J connectivity index is 2.91. The van der Waals surface area contributed by atoms with Crippen molar-refractivity contribution in [1.82, 2.24) is 0 Å². The van der Waals surface area contributed by atoms with Crippen molar-refractivity contribution in [3.8, 4) is 11.5 Å². The lowest BCUT2D eigenvalue weighted by molar-refractivity contribution is 0.310. The molecule has 0 saturated carbocycles. The molecule has 0 atom stereocenters. The van der Waals surface area contributed by atoms with Crippen molar-refractivity contribution < 1.29 is 9.47 Å². The summed E-state index contributed by atoms with van der Waals surface area (Å²) in [6.07, 6.45) is 0.878. The summed E-state index contributed by atoms with van der Waals surface area (Å²) < 4.78 is 10.7. The molecule has 0 aliphatic rings. The molecular formula is C13H18O2. The number of hydrogen-bond donors (Lipinski definition) is 0. The predicted octanol–water partition coefficient (Wildman–Crippen LogP) is 3.21. The van der Waals surface area contributed by atoms with Gasteiger partial charge < -0.3 is 9.47 Å². The third kappa shape index (κ3) is 3.31. The van der Waals surface area contributed by atoms with Gasteiger partial charge in [0.1, 0.15) is 0 Å². The van der Waals surface area contributed by atoms with E-state index in [9.17, 15) is 0 Å². The van der Waals surface area contributed by atoms with Gasteiger partial charge in [-0.1, -0.05) is 18.2 Å². The molecule has 15 heavy (non-hydrogen) atoms. The van der Waals surface area contributed by atoms with Crippen LogP contribution in [0.5, 0.6) is 11.5 Å². The standard InChI is InChI=1S/C13H18O2/c1-5-15-12-7-6-11(8-10(2)3)9-13(12)14-4/h6-7,9H,2,5,8H2,1,3-4H3. The number of ether oxygens (including phenoxy) is 2. The van der Waals surface area contributed by atoms with Crippen LogP contribution in [0, 0.1) is 0 Å². The average Bonchev–Trinajstić information content (AvgIpc) is 2.20. The molecule has 1 aromatic rings. The van der Waals surface area contributed by atoms with Gasteiger partial charge in [0.2, 0.25) is 0 Å². The normalized spacial score (nSPS) is 9.80. The molecule has 0 bridgehead atoms. The summed E-state index contributed by atoms with van der Waals surface area (Å²) >= 11 is 0. The molecule has 0 aliphatic heterocycles. The lowest BCUT2D eigenvalue weighted by Crippen LogP contribution is -1.96. The summed E-state index contributed by atoms with van der Waals surface area (Å²) in [7, 11) is 1.66. The Morgan fingerprint density at radius 3 is 2.60 bits per heavy atom. The third-order valence-corrected chi connectivity index (χ3v) is 2.03. The van der Waals surface area contributed by atoms with Gasteiger partial charge in [-0.3, -0.25) is 0 Å². The van der Waals surface area contributed by atoms with Crippen LogP contribution >= 0.6 is 0 Å². The lowest BCUT2D eigenvalue weighted by Gasteiger charge is -2.10. The highest BCUT2D eigenvalue weighted by Gasteiger charge is 2.04. The van der Waals surface area contributed by atoms with Gasteiger partial charge >= 0.3 is 0 Å². The summed E-state index contributed by atoms with van der Waals surface area (Å²) in [5.41, 5.74) is 2.34. The molecule has 0 radical (unpaired) electrons. The molecule has 0 aliphatic carbocycles. The Morgan fingerprint density at radius 2 is 2.07 bits per heavy atom. The lowest BCUT2D eigenvalue weighted by atomic mass is 10.1. The second-order valence-corrected chi connectivity index (χ2v) is 3.55. The molecule has 0 unspecified atom stereocenters. The Hall–Kier alpha value is -1.44. The van der Waals surface area contributed by atoms with Crippen LogP contribution in [0.1, 0.15) is 19.4 Å². The second-order valence-electron chi connectivity index (χ2n) is 3.55. The van der Waals surface area contributed by atoms with Crippen LogP contribution < -0.4 is 9.47 Å². The van der Waals surface area contributed by atoms with E-state index in [1.165, 1.54) is 5.56 Å². The maximum atomic E-state index is 5.44. The van der Waals surface area contributed by atoms with E-state index in [-0.39, 0.29) is 0 Å². The molecular weight excluding hydrogens is 188 g/mol. The molecule has 0 fully saturated rings. The second kappa shape index (κ2) is 5.44. The SMILES string of the molecule is C=C(C)Cc1ccc(OCC)c(OC)c1. The zero-order chi connectivity index (χ0) is 11.3. The number of methoxy groups -OCH3 is 1. The monoisotopic (exact) mass is 206 g/mol. The Labute approximate surface area is 91.5 Å². The van der Waals surface area contributed by atoms with Gasteiger partial charge in [0.15, 0.2) is 11.5 Å². The zero-order valence-electron chi connectivity index (χ0n) is 9.67. The molecule has 0 spiro atoms. The van der Waals surface area contributed by atoms with E-state index in [0.717, 1.165) is 23.5 Å². The van der Waals surface area contributed by atoms with E-state index < -0.39 is 0 Å². The molecule has 0 N–H and O–H groups in total. The van der Waals surface area contributed by atoms with Crippen molar-refractivity contribution in [3.05, 3.63) is 35.9 Å². The number of benzene rings is 1. The third-order valence-electron chi connectivity index (χ3n) is 2.03. The first-order valence-corrected chi connectivity index (χ1v) is 5.11. The average molecular weight is 206 g/mol. The van der Waals surface area contributed by atoms with Crippen molar-refractivity contribution >= 4 is 0 Å². The predicted molar refractivity (Wildman–Crippen MR) is 62.7 cm³/mol. The van der Waals surface area contributed by atoms with Gasteiger partial charge in [-0.15, -0.1) is 0 Å². The summed E-state index contributed by atoms with van der Waals surface area (Å²) in [6, 6.07) is 5.99. The topological polar surface area (TPSA) is 18.5 Å². The first-order valence-electron chi connectivity index (χ1n) is 5.11. The Morgan fingerprint density at radius 1 is 1.33 bits per heavy atom. The van der Waals surface area contributed by atoms with Crippen molar-refractivity contribution in [2.45, 2.75) is 20.3 Å². The van der Waals surface area contributed by atoms with Crippen molar-refractivity contribution in [1.29, 1.82) is 0 Å². The molecule has 0 aromatic heterocycles. The van der Waals surface area contributed by atoms with Gasteiger partial charge in [-0.05, 0) is 38.0 Å². The molecule has 2 heteroatoms. The van der Waals surface area contributed by atoms with Gasteiger partial charge in [0.25, 0.3) is 0 Å². The molecule has 0 amide bonds. The summed E-state index contributed by atoms with van der Waals surface area (Å²) in [4.78, 5) is 0. The van der Waals surface area contributed by atoms with Crippen LogP contribution in [0.4, 0.5) is 0 Å². The van der Waals surface area contributed by atoms with E-state index in [1.54, 1.807) is 7.11 Å². The van der Waals surface area contributed by atoms with Crippen LogP contribution in [-0.2, 0) is 6.42 Å². The molecule has 0 saturated heterocycles. The maximum Gasteiger partial charge on any atom is 0.161 e. The van der Waals surface area contributed by atoms with Crippen LogP contribution in [0.25, 0.3) is 0 Å². The number of rotatable bonds is 5. The summed E-state index contributed by atoms with van der Waals surface area (Å²) in [5.74, 6) is 1.58. The maximum absolute atomic E-state index is 5.44. The molecule has 1 rings (SSSR count). The first kappa shape index (κ1) is 11.6. The first-order chi connectivity index (χ1) is 7.17. The summed E-state index contributed by atoms with van der Waals surface area (Å²) in [6.45, 7) is 8.52. The van der Waals surface area contributed by atoms with Gasteiger partial charge in [-0.25, -0.2) is 0 Å². The van der Waals surface area contributed by atoms with Crippen LogP contribution in [0.15, 0.2) is 30.4 Å². The van der Waals surface area contributed by atoms with E-state index in [0.29, 0.717) is 6.61 Å². The Kier molecular flexibility index (Phi) is 4.22. The number of hydrogen-bond acceptors (Lipinski definition) is 2. The van der Waals surface area contributed by atoms with E-state index in [1.807, 2.05) is 32.0 Å². The zero-order valence-corrected chi connectivity index (χ0v) is 9.67. The highest BCUT2D eigenvalue weighted by molar-refractivity contribution is 5.43. The van der Waals surface area contributed by atoms with E-state index >= 15 is 0 Å². The van der Waals surface area contributed by atoms with Crippen molar-refractivity contribution in [2.24, 2.45) is 0 Å². The van der Waals surface area contributed by atoms with Crippen molar-refractivity contribution in [2.75, 3.05) is 13.7 Å². The van der Waals surface area contributed by atoms with Gasteiger partial charge in [-0.2, -0.15) is 0 Å². The largest absolute Gasteiger partial charge is 0.493 e. The van der Waals surface area contributed by atoms with Crippen LogP contribution in [0.3, 0.4) is 0 Å². The van der Waals surface area contributed by atoms with Gasteiger partial charge in [0, 0.05) is 0 Å². The fraction of sp³-hybridized carbons (Fsp3) is 0.385. The van der Waals surface area contributed by atoms with Crippen LogP contribution in [-0.4, -0.2) is 13.7 Å². The fourth-order valence-electron chi connectivity index (χ4n) is 1.45. The Bertz CT molecular complexity index is 342. The minimum absolute atomic E-state index is 0.649. The molecule has 1 aromatic carbocycles. The smallest absolute Gasteiger partial charge is 0.161 e. The van der Waals surface area contributed by atoms with E-state index in [2.05, 4.69) is 6.58 Å². The van der Waals surface area contributed by atoms with Gasteiger partial charge in [0.05, 0.1) is 13.7 Å². The van der Waals surface area contributed by atoms with Crippen LogP contribution in [0.2, 0.25) is 0 Å². The fourth-order valence-corrected chi connectivity index (χ4v) is 1.45. The quantitative estimate of drug-likeness (QED) is 0.689. The highest BCUT2D eigenvalue weighted by atomic mass is 16.5.